The molecular weight excluding hydrogens is 352 g/mol. The largest absolute Gasteiger partial charge is 0.493 e. The van der Waals surface area contributed by atoms with Gasteiger partial charge in [0.25, 0.3) is 0 Å². The average molecular weight is 383 g/mol. The van der Waals surface area contributed by atoms with Crippen LogP contribution in [0.25, 0.3) is 11.0 Å². The molecule has 4 heteroatoms. The van der Waals surface area contributed by atoms with Gasteiger partial charge in [0, 0.05) is 23.4 Å². The molecule has 1 saturated carbocycles. The monoisotopic (exact) mass is 382 g/mol. The van der Waals surface area contributed by atoms with Gasteiger partial charge < -0.3 is 14.3 Å². The highest BCUT2D eigenvalue weighted by Crippen LogP contribution is 2.59. The first-order valence-corrected chi connectivity index (χ1v) is 10.2. The predicted molar refractivity (Wildman–Crippen MR) is 110 cm³/mol. The van der Waals surface area contributed by atoms with Crippen LogP contribution in [0.5, 0.6) is 5.75 Å². The summed E-state index contributed by atoms with van der Waals surface area (Å²) >= 11 is 0. The van der Waals surface area contributed by atoms with E-state index in [0.29, 0.717) is 24.0 Å². The van der Waals surface area contributed by atoms with Crippen LogP contribution in [0.15, 0.2) is 51.2 Å². The van der Waals surface area contributed by atoms with Gasteiger partial charge >= 0.3 is 5.63 Å². The Kier molecular flexibility index (Phi) is 4.65. The Hall–Kier alpha value is -2.07. The van der Waals surface area contributed by atoms with Gasteiger partial charge in [-0.2, -0.15) is 0 Å². The topological polar surface area (TPSA) is 59.7 Å². The third-order valence-corrected chi connectivity index (χ3v) is 7.54. The van der Waals surface area contributed by atoms with Crippen molar-refractivity contribution in [2.45, 2.75) is 53.1 Å². The number of allylic oxidation sites excluding steroid dienone is 1. The number of hydrogen-bond acceptors (Lipinski definition) is 4. The molecule has 150 valence electrons. The first-order chi connectivity index (χ1) is 13.2. The average Bonchev–Trinajstić information content (AvgIpc) is 2.64. The Morgan fingerprint density at radius 3 is 2.75 bits per heavy atom. The fourth-order valence-corrected chi connectivity index (χ4v) is 5.66. The molecular formula is C24H30O4. The molecule has 0 aliphatic heterocycles. The lowest BCUT2D eigenvalue weighted by Gasteiger charge is -2.58. The third-order valence-electron chi connectivity index (χ3n) is 7.54. The fraction of sp³-hybridized carbons (Fsp3) is 0.542. The Balaban J connectivity index is 1.59. The molecule has 2 aliphatic rings. The third kappa shape index (κ3) is 3.08. The zero-order valence-electron chi connectivity index (χ0n) is 17.2. The Morgan fingerprint density at radius 1 is 1.21 bits per heavy atom. The summed E-state index contributed by atoms with van der Waals surface area (Å²) in [5, 5.41) is 11.5. The van der Waals surface area contributed by atoms with Crippen molar-refractivity contribution < 1.29 is 14.3 Å². The van der Waals surface area contributed by atoms with Crippen molar-refractivity contribution in [3.8, 4) is 5.75 Å². The van der Waals surface area contributed by atoms with Gasteiger partial charge in [0.2, 0.25) is 0 Å². The summed E-state index contributed by atoms with van der Waals surface area (Å²) in [5.41, 5.74) is 1.57. The molecule has 1 N–H and O–H groups in total. The van der Waals surface area contributed by atoms with Crippen LogP contribution < -0.4 is 10.4 Å². The number of benzene rings is 1. The number of aliphatic hydroxyl groups is 1. The van der Waals surface area contributed by atoms with E-state index in [-0.39, 0.29) is 22.6 Å². The van der Waals surface area contributed by atoms with Crippen LogP contribution in [0.4, 0.5) is 0 Å². The van der Waals surface area contributed by atoms with Crippen molar-refractivity contribution >= 4 is 11.0 Å². The van der Waals surface area contributed by atoms with Crippen LogP contribution in [0, 0.1) is 22.7 Å². The zero-order valence-corrected chi connectivity index (χ0v) is 17.2. The Bertz CT molecular complexity index is 970. The number of aliphatic hydroxyl groups excluding tert-OH is 1. The Morgan fingerprint density at radius 2 is 1.96 bits per heavy atom. The molecule has 2 aromatic rings. The van der Waals surface area contributed by atoms with E-state index in [4.69, 9.17) is 9.15 Å². The van der Waals surface area contributed by atoms with E-state index < -0.39 is 0 Å². The van der Waals surface area contributed by atoms with Gasteiger partial charge in [-0.15, -0.1) is 0 Å². The molecule has 4 rings (SSSR count). The highest BCUT2D eigenvalue weighted by Gasteiger charge is 2.55. The number of fused-ring (bicyclic) bond motifs is 2. The molecule has 4 atom stereocenters. The van der Waals surface area contributed by atoms with E-state index >= 15 is 0 Å². The lowest BCUT2D eigenvalue weighted by atomic mass is 9.48. The second kappa shape index (κ2) is 6.77. The molecule has 0 amide bonds. The first-order valence-electron chi connectivity index (χ1n) is 10.2. The normalized spacial score (nSPS) is 31.9. The van der Waals surface area contributed by atoms with Gasteiger partial charge in [-0.25, -0.2) is 4.79 Å². The summed E-state index contributed by atoms with van der Waals surface area (Å²) in [5.74, 6) is 1.45. The van der Waals surface area contributed by atoms with Crippen LogP contribution in [0.3, 0.4) is 0 Å². The molecule has 2 aliphatic carbocycles. The highest BCUT2D eigenvalue weighted by molar-refractivity contribution is 5.77. The van der Waals surface area contributed by atoms with Crippen molar-refractivity contribution in [2.75, 3.05) is 6.61 Å². The van der Waals surface area contributed by atoms with Crippen molar-refractivity contribution in [3.63, 3.8) is 0 Å². The van der Waals surface area contributed by atoms with Crippen LogP contribution in [-0.4, -0.2) is 17.8 Å². The molecule has 28 heavy (non-hydrogen) atoms. The summed E-state index contributed by atoms with van der Waals surface area (Å²) in [7, 11) is 0. The van der Waals surface area contributed by atoms with E-state index in [1.165, 1.54) is 11.6 Å². The van der Waals surface area contributed by atoms with E-state index in [2.05, 4.69) is 33.8 Å². The molecule has 0 spiro atoms. The summed E-state index contributed by atoms with van der Waals surface area (Å²) in [6.45, 7) is 9.57. The molecule has 1 aromatic carbocycles. The lowest BCUT2D eigenvalue weighted by molar-refractivity contribution is -0.119. The van der Waals surface area contributed by atoms with Crippen LogP contribution in [0.2, 0.25) is 0 Å². The maximum atomic E-state index is 11.5. The maximum absolute atomic E-state index is 11.5. The molecule has 3 unspecified atom stereocenters. The second-order valence-corrected chi connectivity index (χ2v) is 9.44. The van der Waals surface area contributed by atoms with Gasteiger partial charge in [-0.1, -0.05) is 32.4 Å². The maximum Gasteiger partial charge on any atom is 0.336 e. The molecule has 1 aromatic heterocycles. The first kappa shape index (κ1) is 19.3. The van der Waals surface area contributed by atoms with E-state index in [1.807, 2.05) is 12.1 Å². The smallest absolute Gasteiger partial charge is 0.336 e. The molecule has 0 bridgehead atoms. The quantitative estimate of drug-likeness (QED) is 0.603. The second-order valence-electron chi connectivity index (χ2n) is 9.44. The highest BCUT2D eigenvalue weighted by atomic mass is 16.5. The molecule has 0 radical (unpaired) electrons. The summed E-state index contributed by atoms with van der Waals surface area (Å²) in [4.78, 5) is 11.5. The van der Waals surface area contributed by atoms with E-state index in [9.17, 15) is 9.90 Å². The SMILES string of the molecule is CC1=CCC2C(C)(CC[C@H](O)C2(C)C)C1COc1ccc2ccc(=O)oc2c1. The van der Waals surface area contributed by atoms with Crippen molar-refractivity contribution in [1.82, 2.24) is 0 Å². The van der Waals surface area contributed by atoms with Crippen molar-refractivity contribution in [2.24, 2.45) is 22.7 Å². The molecule has 1 heterocycles. The minimum atomic E-state index is -0.353. The van der Waals surface area contributed by atoms with Gasteiger partial charge in [-0.05, 0) is 61.1 Å². The number of hydrogen-bond donors (Lipinski definition) is 1. The summed E-state index contributed by atoms with van der Waals surface area (Å²) in [6.07, 6.45) is 4.95. The number of rotatable bonds is 3. The zero-order chi connectivity index (χ0) is 20.1. The predicted octanol–water partition coefficient (Wildman–Crippen LogP) is 4.94. The summed E-state index contributed by atoms with van der Waals surface area (Å²) in [6, 6.07) is 8.84. The number of ether oxygens (including phenoxy) is 1. The minimum absolute atomic E-state index is 0.102. The van der Waals surface area contributed by atoms with Crippen LogP contribution in [-0.2, 0) is 0 Å². The van der Waals surface area contributed by atoms with E-state index in [0.717, 1.165) is 30.4 Å². The van der Waals surface area contributed by atoms with Crippen molar-refractivity contribution in [3.05, 3.63) is 52.4 Å². The van der Waals surface area contributed by atoms with Crippen molar-refractivity contribution in [1.29, 1.82) is 0 Å². The van der Waals surface area contributed by atoms with Crippen LogP contribution >= 0.6 is 0 Å². The van der Waals surface area contributed by atoms with Gasteiger partial charge in [-0.3, -0.25) is 0 Å². The van der Waals surface area contributed by atoms with Gasteiger partial charge in [0.1, 0.15) is 11.3 Å². The van der Waals surface area contributed by atoms with E-state index in [1.54, 1.807) is 12.1 Å². The standard InChI is InChI=1S/C24H30O4/c1-15-5-9-20-23(2,3)21(25)11-12-24(20,4)18(15)14-27-17-8-6-16-7-10-22(26)28-19(16)13-17/h5-8,10,13,18,20-21,25H,9,11-12,14H2,1-4H3/t18?,20?,21-,24?/m0/s1. The lowest BCUT2D eigenvalue weighted by Crippen LogP contribution is -2.55. The Labute approximate surface area is 166 Å². The van der Waals surface area contributed by atoms with Crippen LogP contribution in [0.1, 0.15) is 47.0 Å². The fourth-order valence-electron chi connectivity index (χ4n) is 5.66. The molecule has 4 nitrogen and oxygen atoms in total. The minimum Gasteiger partial charge on any atom is -0.493 e. The van der Waals surface area contributed by atoms with Gasteiger partial charge in [0.15, 0.2) is 0 Å². The molecule has 1 fully saturated rings. The van der Waals surface area contributed by atoms with Gasteiger partial charge in [0.05, 0.1) is 12.7 Å². The summed E-state index contributed by atoms with van der Waals surface area (Å²) < 4.78 is 11.5. The molecule has 0 saturated heterocycles.